The van der Waals surface area contributed by atoms with E-state index < -0.39 is 30.6 Å². The number of para-hydroxylation sites is 1. The Morgan fingerprint density at radius 2 is 1.77 bits per heavy atom. The maximum absolute atomic E-state index is 13.5. The first-order valence-corrected chi connectivity index (χ1v) is 7.72. The average molecular weight is 371 g/mol. The van der Waals surface area contributed by atoms with Crippen LogP contribution in [0.25, 0.3) is 0 Å². The van der Waals surface area contributed by atoms with Gasteiger partial charge in [0.25, 0.3) is 5.91 Å². The highest BCUT2D eigenvalue weighted by Gasteiger charge is 2.28. The van der Waals surface area contributed by atoms with Crippen LogP contribution in [0.3, 0.4) is 0 Å². The van der Waals surface area contributed by atoms with Gasteiger partial charge in [-0.25, -0.2) is 4.39 Å². The monoisotopic (exact) mass is 371 g/mol. The molecule has 1 atom stereocenters. The van der Waals surface area contributed by atoms with E-state index in [9.17, 15) is 22.4 Å². The standard InChI is InChI=1S/C18H17F4NO3/c1-12(26-16-5-3-2-4-15(16)19)17(24)23-10-13-6-8-14(9-7-13)25-11-18(20,21)22/h2-9,12H,10-11H2,1H3,(H,23,24). The lowest BCUT2D eigenvalue weighted by Crippen LogP contribution is -2.36. The van der Waals surface area contributed by atoms with E-state index in [1.54, 1.807) is 6.07 Å². The number of halogens is 4. The first-order chi connectivity index (χ1) is 12.2. The first-order valence-electron chi connectivity index (χ1n) is 7.72. The van der Waals surface area contributed by atoms with E-state index in [0.29, 0.717) is 5.56 Å². The van der Waals surface area contributed by atoms with E-state index in [2.05, 4.69) is 10.1 Å². The van der Waals surface area contributed by atoms with Crippen LogP contribution in [0.2, 0.25) is 0 Å². The Bertz CT molecular complexity index is 732. The smallest absolute Gasteiger partial charge is 0.422 e. The number of rotatable bonds is 7. The average Bonchev–Trinajstić information content (AvgIpc) is 2.60. The van der Waals surface area contributed by atoms with Gasteiger partial charge in [-0.3, -0.25) is 4.79 Å². The number of hydrogen-bond donors (Lipinski definition) is 1. The molecule has 0 bridgehead atoms. The van der Waals surface area contributed by atoms with Gasteiger partial charge in [0.15, 0.2) is 24.3 Å². The molecule has 2 rings (SSSR count). The van der Waals surface area contributed by atoms with Crippen molar-refractivity contribution in [2.45, 2.75) is 25.7 Å². The number of alkyl halides is 3. The van der Waals surface area contributed by atoms with Gasteiger partial charge < -0.3 is 14.8 Å². The van der Waals surface area contributed by atoms with Gasteiger partial charge in [0, 0.05) is 6.54 Å². The molecule has 0 aliphatic rings. The van der Waals surface area contributed by atoms with E-state index in [-0.39, 0.29) is 18.0 Å². The van der Waals surface area contributed by atoms with Crippen molar-refractivity contribution in [1.29, 1.82) is 0 Å². The van der Waals surface area contributed by atoms with Gasteiger partial charge in [0.1, 0.15) is 5.75 Å². The normalized spacial score (nSPS) is 12.3. The molecule has 0 saturated carbocycles. The molecule has 0 aliphatic carbocycles. The molecule has 140 valence electrons. The van der Waals surface area contributed by atoms with Crippen LogP contribution in [-0.2, 0) is 11.3 Å². The number of carbonyl (C=O) groups is 1. The minimum absolute atomic E-state index is 0.0266. The molecule has 0 radical (unpaired) electrons. The van der Waals surface area contributed by atoms with Crippen LogP contribution in [0.5, 0.6) is 11.5 Å². The summed E-state index contributed by atoms with van der Waals surface area (Å²) in [7, 11) is 0. The molecular formula is C18H17F4NO3. The van der Waals surface area contributed by atoms with E-state index in [1.807, 2.05) is 0 Å². The summed E-state index contributed by atoms with van der Waals surface area (Å²) in [5, 5.41) is 2.61. The summed E-state index contributed by atoms with van der Waals surface area (Å²) in [6.45, 7) is 0.257. The minimum atomic E-state index is -4.40. The van der Waals surface area contributed by atoms with Crippen LogP contribution in [0, 0.1) is 5.82 Å². The molecular weight excluding hydrogens is 354 g/mol. The third-order valence-corrected chi connectivity index (χ3v) is 3.30. The molecule has 1 unspecified atom stereocenters. The zero-order chi connectivity index (χ0) is 19.2. The Labute approximate surface area is 147 Å². The number of nitrogens with one attached hydrogen (secondary N) is 1. The summed E-state index contributed by atoms with van der Waals surface area (Å²) < 4.78 is 59.6. The summed E-state index contributed by atoms with van der Waals surface area (Å²) in [6, 6.07) is 11.6. The third kappa shape index (κ3) is 6.27. The second-order valence-corrected chi connectivity index (χ2v) is 5.46. The highest BCUT2D eigenvalue weighted by atomic mass is 19.4. The predicted molar refractivity (Wildman–Crippen MR) is 86.3 cm³/mol. The lowest BCUT2D eigenvalue weighted by Gasteiger charge is -2.15. The van der Waals surface area contributed by atoms with Gasteiger partial charge in [-0.15, -0.1) is 0 Å². The predicted octanol–water partition coefficient (Wildman–Crippen LogP) is 3.85. The van der Waals surface area contributed by atoms with Gasteiger partial charge in [-0.2, -0.15) is 13.2 Å². The van der Waals surface area contributed by atoms with Gasteiger partial charge >= 0.3 is 6.18 Å². The zero-order valence-electron chi connectivity index (χ0n) is 13.8. The molecule has 4 nitrogen and oxygen atoms in total. The SMILES string of the molecule is CC(Oc1ccccc1F)C(=O)NCc1ccc(OCC(F)(F)F)cc1. The molecule has 8 heteroatoms. The number of carbonyl (C=O) groups excluding carboxylic acids is 1. The third-order valence-electron chi connectivity index (χ3n) is 3.30. The van der Waals surface area contributed by atoms with Gasteiger partial charge in [-0.05, 0) is 36.8 Å². The second kappa shape index (κ2) is 8.55. The van der Waals surface area contributed by atoms with E-state index in [4.69, 9.17) is 4.74 Å². The van der Waals surface area contributed by atoms with Crippen molar-refractivity contribution in [3.8, 4) is 11.5 Å². The van der Waals surface area contributed by atoms with Crippen LogP contribution in [0.15, 0.2) is 48.5 Å². The molecule has 1 N–H and O–H groups in total. The van der Waals surface area contributed by atoms with Crippen molar-refractivity contribution in [1.82, 2.24) is 5.32 Å². The summed E-state index contributed by atoms with van der Waals surface area (Å²) in [4.78, 5) is 12.0. The molecule has 0 aromatic heterocycles. The van der Waals surface area contributed by atoms with E-state index in [1.165, 1.54) is 49.4 Å². The van der Waals surface area contributed by atoms with Crippen LogP contribution in [0.1, 0.15) is 12.5 Å². The molecule has 0 fully saturated rings. The van der Waals surface area contributed by atoms with E-state index >= 15 is 0 Å². The topological polar surface area (TPSA) is 47.6 Å². The lowest BCUT2D eigenvalue weighted by molar-refractivity contribution is -0.153. The minimum Gasteiger partial charge on any atom is -0.484 e. The van der Waals surface area contributed by atoms with Crippen LogP contribution in [0.4, 0.5) is 17.6 Å². The van der Waals surface area contributed by atoms with Crippen molar-refractivity contribution in [3.63, 3.8) is 0 Å². The molecule has 2 aromatic rings. The Hall–Kier alpha value is -2.77. The van der Waals surface area contributed by atoms with Crippen LogP contribution < -0.4 is 14.8 Å². The van der Waals surface area contributed by atoms with Crippen molar-refractivity contribution in [3.05, 3.63) is 59.9 Å². The van der Waals surface area contributed by atoms with Crippen molar-refractivity contribution >= 4 is 5.91 Å². The highest BCUT2D eigenvalue weighted by molar-refractivity contribution is 5.80. The Balaban J connectivity index is 1.82. The first kappa shape index (κ1) is 19.6. The van der Waals surface area contributed by atoms with Gasteiger partial charge in [0.2, 0.25) is 0 Å². The molecule has 0 aliphatic heterocycles. The largest absolute Gasteiger partial charge is 0.484 e. The summed E-state index contributed by atoms with van der Waals surface area (Å²) in [6.07, 6.45) is -5.32. The van der Waals surface area contributed by atoms with Crippen molar-refractivity contribution in [2.75, 3.05) is 6.61 Å². The quantitative estimate of drug-likeness (QED) is 0.752. The number of ether oxygens (including phenoxy) is 2. The van der Waals surface area contributed by atoms with Crippen LogP contribution in [-0.4, -0.2) is 24.8 Å². The molecule has 0 heterocycles. The highest BCUT2D eigenvalue weighted by Crippen LogP contribution is 2.19. The van der Waals surface area contributed by atoms with E-state index in [0.717, 1.165) is 0 Å². The fourth-order valence-electron chi connectivity index (χ4n) is 1.99. The zero-order valence-corrected chi connectivity index (χ0v) is 13.8. The lowest BCUT2D eigenvalue weighted by atomic mass is 10.2. The molecule has 26 heavy (non-hydrogen) atoms. The summed E-state index contributed by atoms with van der Waals surface area (Å²) in [5.41, 5.74) is 0.663. The second-order valence-electron chi connectivity index (χ2n) is 5.46. The van der Waals surface area contributed by atoms with Gasteiger partial charge in [-0.1, -0.05) is 24.3 Å². The Morgan fingerprint density at radius 1 is 1.12 bits per heavy atom. The van der Waals surface area contributed by atoms with Gasteiger partial charge in [0.05, 0.1) is 0 Å². The summed E-state index contributed by atoms with van der Waals surface area (Å²) >= 11 is 0. The van der Waals surface area contributed by atoms with Crippen LogP contribution >= 0.6 is 0 Å². The molecule has 0 spiro atoms. The fraction of sp³-hybridized carbons (Fsp3) is 0.278. The Morgan fingerprint density at radius 3 is 2.38 bits per heavy atom. The van der Waals surface area contributed by atoms with Crippen molar-refractivity contribution < 1.29 is 31.8 Å². The number of hydrogen-bond acceptors (Lipinski definition) is 3. The maximum Gasteiger partial charge on any atom is 0.422 e. The number of benzene rings is 2. The molecule has 1 amide bonds. The van der Waals surface area contributed by atoms with Crippen molar-refractivity contribution in [2.24, 2.45) is 0 Å². The molecule has 2 aromatic carbocycles. The number of amides is 1. The molecule has 0 saturated heterocycles. The maximum atomic E-state index is 13.5. The summed E-state index contributed by atoms with van der Waals surface area (Å²) in [5.74, 6) is -0.970. The fourth-order valence-corrected chi connectivity index (χ4v) is 1.99. The Kier molecular flexibility index (Phi) is 6.43.